The predicted molar refractivity (Wildman–Crippen MR) is 60.1 cm³/mol. The largest absolute Gasteiger partial charge is 0.504 e. The fraction of sp³-hybridized carbons (Fsp3) is 0.182. The Morgan fingerprint density at radius 1 is 1.53 bits per heavy atom. The zero-order chi connectivity index (χ0) is 11.0. The van der Waals surface area contributed by atoms with Gasteiger partial charge in [-0.05, 0) is 19.1 Å². The summed E-state index contributed by atoms with van der Waals surface area (Å²) in [7, 11) is 0. The molecule has 0 radical (unpaired) electrons. The second-order valence-electron chi connectivity index (χ2n) is 3.34. The third-order valence-electron chi connectivity index (χ3n) is 2.24. The first kappa shape index (κ1) is 10.2. The number of aldehydes is 1. The molecule has 15 heavy (non-hydrogen) atoms. The monoisotopic (exact) mass is 268 g/mol. The van der Waals surface area contributed by atoms with Crippen molar-refractivity contribution in [1.29, 1.82) is 0 Å². The summed E-state index contributed by atoms with van der Waals surface area (Å²) < 4.78 is 6.19. The minimum atomic E-state index is 0.0494. The molecule has 4 heteroatoms. The average Bonchev–Trinajstić information content (AvgIpc) is 2.57. The van der Waals surface area contributed by atoms with Crippen LogP contribution >= 0.6 is 15.9 Å². The molecule has 0 atom stereocenters. The number of phenols is 1. The summed E-state index contributed by atoms with van der Waals surface area (Å²) in [5.41, 5.74) is 0.998. The fourth-order valence-corrected chi connectivity index (χ4v) is 2.13. The lowest BCUT2D eigenvalue weighted by atomic mass is 10.1. The summed E-state index contributed by atoms with van der Waals surface area (Å²) in [4.78, 5) is 10.4. The van der Waals surface area contributed by atoms with Crippen molar-refractivity contribution in [3.63, 3.8) is 0 Å². The highest BCUT2D eigenvalue weighted by atomic mass is 79.9. The number of rotatable bonds is 2. The van der Waals surface area contributed by atoms with Gasteiger partial charge in [0.1, 0.15) is 12.0 Å². The number of furan rings is 1. The van der Waals surface area contributed by atoms with Crippen molar-refractivity contribution in [2.45, 2.75) is 13.3 Å². The lowest BCUT2D eigenvalue weighted by molar-refractivity contribution is -0.107. The van der Waals surface area contributed by atoms with Crippen molar-refractivity contribution in [2.24, 2.45) is 0 Å². The van der Waals surface area contributed by atoms with Gasteiger partial charge in [-0.15, -0.1) is 0 Å². The molecule has 0 unspecified atom stereocenters. The molecule has 1 aromatic carbocycles. The van der Waals surface area contributed by atoms with Gasteiger partial charge in [-0.3, -0.25) is 0 Å². The molecule has 1 aromatic heterocycles. The lowest BCUT2D eigenvalue weighted by Gasteiger charge is -2.02. The van der Waals surface area contributed by atoms with Crippen LogP contribution in [0.25, 0.3) is 11.0 Å². The Morgan fingerprint density at radius 2 is 2.27 bits per heavy atom. The molecule has 0 aliphatic heterocycles. The van der Waals surface area contributed by atoms with Crippen LogP contribution in [0.3, 0.4) is 0 Å². The van der Waals surface area contributed by atoms with E-state index < -0.39 is 0 Å². The van der Waals surface area contributed by atoms with Crippen LogP contribution in [0, 0.1) is 6.92 Å². The van der Waals surface area contributed by atoms with E-state index in [0.29, 0.717) is 11.1 Å². The molecule has 0 aliphatic carbocycles. The molecule has 0 bridgehead atoms. The van der Waals surface area contributed by atoms with Crippen molar-refractivity contribution < 1.29 is 14.3 Å². The van der Waals surface area contributed by atoms with E-state index in [2.05, 4.69) is 15.9 Å². The first-order valence-electron chi connectivity index (χ1n) is 4.47. The molecule has 1 N–H and O–H groups in total. The van der Waals surface area contributed by atoms with Gasteiger partial charge in [-0.25, -0.2) is 0 Å². The topological polar surface area (TPSA) is 50.4 Å². The standard InChI is InChI=1S/C11H9BrO3/c1-6-4-8-9(12)5-7(2-3-13)10(14)11(8)15-6/h3-5,14H,2H2,1H3. The Labute approximate surface area is 94.8 Å². The summed E-state index contributed by atoms with van der Waals surface area (Å²) in [5.74, 6) is 0.776. The minimum absolute atomic E-state index is 0.0494. The minimum Gasteiger partial charge on any atom is -0.504 e. The van der Waals surface area contributed by atoms with Crippen molar-refractivity contribution in [2.75, 3.05) is 0 Å². The Hall–Kier alpha value is -1.29. The summed E-state index contributed by atoms with van der Waals surface area (Å²) in [6.45, 7) is 1.81. The molecule has 0 saturated heterocycles. The first-order chi connectivity index (χ1) is 7.13. The molecule has 0 aliphatic rings. The summed E-state index contributed by atoms with van der Waals surface area (Å²) >= 11 is 3.38. The van der Waals surface area contributed by atoms with Crippen molar-refractivity contribution >= 4 is 33.2 Å². The Morgan fingerprint density at radius 3 is 2.93 bits per heavy atom. The average molecular weight is 269 g/mol. The fourth-order valence-electron chi connectivity index (χ4n) is 1.56. The number of benzene rings is 1. The van der Waals surface area contributed by atoms with E-state index in [0.717, 1.165) is 21.9 Å². The Kier molecular flexibility index (Phi) is 2.52. The van der Waals surface area contributed by atoms with E-state index in [1.165, 1.54) is 0 Å². The van der Waals surface area contributed by atoms with Crippen LogP contribution in [0.2, 0.25) is 0 Å². The second-order valence-corrected chi connectivity index (χ2v) is 4.19. The van der Waals surface area contributed by atoms with Crippen molar-refractivity contribution in [1.82, 2.24) is 0 Å². The van der Waals surface area contributed by atoms with Crippen molar-refractivity contribution in [3.05, 3.63) is 27.9 Å². The van der Waals surface area contributed by atoms with E-state index in [-0.39, 0.29) is 12.2 Å². The number of aromatic hydroxyl groups is 1. The van der Waals surface area contributed by atoms with Crippen LogP contribution in [-0.2, 0) is 11.2 Å². The Bertz CT molecular complexity index is 528. The number of carbonyl (C=O) groups is 1. The van der Waals surface area contributed by atoms with Gasteiger partial charge in [0.15, 0.2) is 11.3 Å². The highest BCUT2D eigenvalue weighted by molar-refractivity contribution is 9.10. The van der Waals surface area contributed by atoms with Gasteiger partial charge in [0, 0.05) is 21.8 Å². The van der Waals surface area contributed by atoms with E-state index in [4.69, 9.17) is 4.42 Å². The maximum Gasteiger partial charge on any atom is 0.177 e. The smallest absolute Gasteiger partial charge is 0.177 e. The van der Waals surface area contributed by atoms with Gasteiger partial charge in [-0.2, -0.15) is 0 Å². The van der Waals surface area contributed by atoms with Gasteiger partial charge in [-0.1, -0.05) is 15.9 Å². The van der Waals surface area contributed by atoms with Crippen LogP contribution in [-0.4, -0.2) is 11.4 Å². The highest BCUT2D eigenvalue weighted by Crippen LogP contribution is 2.36. The molecular weight excluding hydrogens is 260 g/mol. The van der Waals surface area contributed by atoms with Crippen LogP contribution < -0.4 is 0 Å². The number of halogens is 1. The van der Waals surface area contributed by atoms with E-state index in [1.54, 1.807) is 6.07 Å². The zero-order valence-corrected chi connectivity index (χ0v) is 9.67. The second kappa shape index (κ2) is 3.70. The summed E-state index contributed by atoms with van der Waals surface area (Å²) in [6.07, 6.45) is 0.934. The number of hydrogen-bond donors (Lipinski definition) is 1. The highest BCUT2D eigenvalue weighted by Gasteiger charge is 2.13. The van der Waals surface area contributed by atoms with Crippen LogP contribution in [0.5, 0.6) is 5.75 Å². The molecule has 78 valence electrons. The van der Waals surface area contributed by atoms with Gasteiger partial charge in [0.25, 0.3) is 0 Å². The molecular formula is C11H9BrO3. The number of fused-ring (bicyclic) bond motifs is 1. The van der Waals surface area contributed by atoms with Crippen molar-refractivity contribution in [3.8, 4) is 5.75 Å². The summed E-state index contributed by atoms with van der Waals surface area (Å²) in [5, 5.41) is 10.7. The normalized spacial score (nSPS) is 10.8. The number of aryl methyl sites for hydroxylation is 1. The van der Waals surface area contributed by atoms with E-state index in [9.17, 15) is 9.90 Å². The molecule has 2 rings (SSSR count). The molecule has 0 saturated carbocycles. The maximum absolute atomic E-state index is 10.4. The van der Waals surface area contributed by atoms with E-state index >= 15 is 0 Å². The number of phenolic OH excluding ortho intramolecular Hbond substituents is 1. The van der Waals surface area contributed by atoms with E-state index in [1.807, 2.05) is 13.0 Å². The van der Waals surface area contributed by atoms with Crippen LogP contribution in [0.15, 0.2) is 21.0 Å². The quantitative estimate of drug-likeness (QED) is 0.853. The van der Waals surface area contributed by atoms with Crippen LogP contribution in [0.1, 0.15) is 11.3 Å². The molecule has 2 aromatic rings. The third kappa shape index (κ3) is 1.65. The van der Waals surface area contributed by atoms with Gasteiger partial charge < -0.3 is 14.3 Å². The number of hydrogen-bond acceptors (Lipinski definition) is 3. The SMILES string of the molecule is Cc1cc2c(Br)cc(CC=O)c(O)c2o1. The predicted octanol–water partition coefficient (Wildman–Crippen LogP) is 2.95. The first-order valence-corrected chi connectivity index (χ1v) is 5.27. The molecule has 0 fully saturated rings. The molecule has 0 spiro atoms. The van der Waals surface area contributed by atoms with Crippen LogP contribution in [0.4, 0.5) is 0 Å². The third-order valence-corrected chi connectivity index (χ3v) is 2.89. The molecule has 0 amide bonds. The maximum atomic E-state index is 10.4. The molecule has 1 heterocycles. The zero-order valence-electron chi connectivity index (χ0n) is 8.08. The van der Waals surface area contributed by atoms with Gasteiger partial charge in [0.05, 0.1) is 0 Å². The Balaban J connectivity index is 2.77. The lowest BCUT2D eigenvalue weighted by Crippen LogP contribution is -1.87. The van der Waals surface area contributed by atoms with Gasteiger partial charge >= 0.3 is 0 Å². The molecule has 3 nitrogen and oxygen atoms in total. The van der Waals surface area contributed by atoms with Gasteiger partial charge in [0.2, 0.25) is 0 Å². The summed E-state index contributed by atoms with van der Waals surface area (Å²) in [6, 6.07) is 3.57. The number of carbonyl (C=O) groups excluding carboxylic acids is 1.